The molecule has 0 atom stereocenters. The van der Waals surface area contributed by atoms with E-state index in [2.05, 4.69) is 14.9 Å². The summed E-state index contributed by atoms with van der Waals surface area (Å²) in [6, 6.07) is 15.1. The van der Waals surface area contributed by atoms with Crippen LogP contribution in [-0.4, -0.2) is 56.4 Å². The second-order valence-electron chi connectivity index (χ2n) is 8.97. The first-order valence-corrected chi connectivity index (χ1v) is 12.1. The summed E-state index contributed by atoms with van der Waals surface area (Å²) in [5, 5.41) is 0.498. The molecule has 1 saturated heterocycles. The molecule has 0 bridgehead atoms. The lowest BCUT2D eigenvalue weighted by molar-refractivity contribution is 0.0628. The molecule has 1 N–H and O–H groups in total. The lowest BCUT2D eigenvalue weighted by atomic mass is 10.1. The smallest absolute Gasteiger partial charge is 0.266 e. The quantitative estimate of drug-likeness (QED) is 0.442. The minimum atomic E-state index is -0.193. The number of carbonyl (C=O) groups is 1. The lowest BCUT2D eigenvalue weighted by Crippen LogP contribution is -2.48. The molecular weight excluding hydrogens is 458 g/mol. The molecule has 0 aliphatic carbocycles. The molecular formula is C27H27N5O2S. The number of benzene rings is 2. The van der Waals surface area contributed by atoms with Crippen molar-refractivity contribution in [2.45, 2.75) is 20.4 Å². The van der Waals surface area contributed by atoms with E-state index in [9.17, 15) is 9.59 Å². The van der Waals surface area contributed by atoms with Crippen LogP contribution in [0.2, 0.25) is 0 Å². The van der Waals surface area contributed by atoms with E-state index < -0.39 is 0 Å². The zero-order valence-corrected chi connectivity index (χ0v) is 20.6. The summed E-state index contributed by atoms with van der Waals surface area (Å²) in [6.07, 6.45) is 3.61. The predicted molar refractivity (Wildman–Crippen MR) is 140 cm³/mol. The number of hydrogen-bond acceptors (Lipinski definition) is 5. The number of hydrogen-bond donors (Lipinski definition) is 1. The highest BCUT2D eigenvalue weighted by molar-refractivity contribution is 7.71. The van der Waals surface area contributed by atoms with Crippen LogP contribution in [0.25, 0.3) is 16.6 Å². The van der Waals surface area contributed by atoms with Crippen molar-refractivity contribution in [3.8, 4) is 5.69 Å². The van der Waals surface area contributed by atoms with Crippen LogP contribution in [0.5, 0.6) is 0 Å². The molecule has 1 aliphatic heterocycles. The molecule has 3 heterocycles. The summed E-state index contributed by atoms with van der Waals surface area (Å²) in [6.45, 7) is 7.78. The first-order valence-electron chi connectivity index (χ1n) is 11.7. The number of carbonyl (C=O) groups excluding carboxylic acids is 1. The number of amides is 1. The second-order valence-corrected chi connectivity index (χ2v) is 9.36. The van der Waals surface area contributed by atoms with Gasteiger partial charge in [0.1, 0.15) is 0 Å². The number of fused-ring (bicyclic) bond motifs is 1. The van der Waals surface area contributed by atoms with Gasteiger partial charge in [0, 0.05) is 50.7 Å². The number of aromatic amines is 1. The third-order valence-electron chi connectivity index (χ3n) is 6.78. The van der Waals surface area contributed by atoms with Crippen molar-refractivity contribution < 1.29 is 4.79 Å². The molecule has 2 aromatic heterocycles. The van der Waals surface area contributed by atoms with Gasteiger partial charge < -0.3 is 9.88 Å². The van der Waals surface area contributed by atoms with Crippen molar-refractivity contribution in [1.29, 1.82) is 0 Å². The van der Waals surface area contributed by atoms with Crippen LogP contribution in [0.15, 0.2) is 65.7 Å². The van der Waals surface area contributed by atoms with Gasteiger partial charge in [0.25, 0.3) is 11.5 Å². The fourth-order valence-corrected chi connectivity index (χ4v) is 4.88. The molecule has 0 radical (unpaired) electrons. The number of nitrogens with one attached hydrogen (secondary N) is 1. The van der Waals surface area contributed by atoms with Crippen LogP contribution in [0, 0.1) is 18.6 Å². The van der Waals surface area contributed by atoms with Crippen molar-refractivity contribution in [3.05, 3.63) is 98.3 Å². The number of aryl methyl sites for hydroxylation is 1. The van der Waals surface area contributed by atoms with Gasteiger partial charge in [-0.25, -0.2) is 0 Å². The Hall–Kier alpha value is -3.62. The van der Waals surface area contributed by atoms with Crippen LogP contribution in [0.3, 0.4) is 0 Å². The van der Waals surface area contributed by atoms with E-state index in [0.29, 0.717) is 34.3 Å². The molecule has 4 aromatic rings. The average molecular weight is 486 g/mol. The largest absolute Gasteiger partial charge is 0.336 e. The van der Waals surface area contributed by atoms with Crippen LogP contribution < -0.4 is 5.56 Å². The minimum Gasteiger partial charge on any atom is -0.336 e. The third kappa shape index (κ3) is 4.54. The number of H-pyrrole nitrogens is 1. The highest BCUT2D eigenvalue weighted by Crippen LogP contribution is 2.19. The molecule has 8 heteroatoms. The van der Waals surface area contributed by atoms with E-state index in [-0.39, 0.29) is 11.5 Å². The molecule has 1 fully saturated rings. The van der Waals surface area contributed by atoms with Crippen molar-refractivity contribution >= 4 is 29.0 Å². The first kappa shape index (κ1) is 23.1. The van der Waals surface area contributed by atoms with Gasteiger partial charge >= 0.3 is 0 Å². The summed E-state index contributed by atoms with van der Waals surface area (Å²) >= 11 is 5.56. The second kappa shape index (κ2) is 9.56. The van der Waals surface area contributed by atoms with Gasteiger partial charge in [-0.1, -0.05) is 12.1 Å². The molecule has 1 amide bonds. The Kier molecular flexibility index (Phi) is 6.32. The van der Waals surface area contributed by atoms with Crippen molar-refractivity contribution in [2.24, 2.45) is 0 Å². The molecule has 5 rings (SSSR count). The Morgan fingerprint density at radius 2 is 1.77 bits per heavy atom. The molecule has 0 saturated carbocycles. The molecule has 178 valence electrons. The highest BCUT2D eigenvalue weighted by Gasteiger charge is 2.23. The zero-order chi connectivity index (χ0) is 24.5. The Bertz CT molecular complexity index is 1520. The molecule has 7 nitrogen and oxygen atoms in total. The fraction of sp³-hybridized carbons (Fsp3) is 0.259. The van der Waals surface area contributed by atoms with Crippen LogP contribution in [0.4, 0.5) is 0 Å². The Labute approximate surface area is 208 Å². The Morgan fingerprint density at radius 3 is 2.51 bits per heavy atom. The molecule has 2 aromatic carbocycles. The maximum Gasteiger partial charge on any atom is 0.266 e. The number of pyridine rings is 1. The fourth-order valence-electron chi connectivity index (χ4n) is 4.59. The number of rotatable bonds is 4. The van der Waals surface area contributed by atoms with Crippen LogP contribution in [-0.2, 0) is 6.54 Å². The number of piperazine rings is 1. The maximum atomic E-state index is 13.4. The summed E-state index contributed by atoms with van der Waals surface area (Å²) in [5.74, 6) is -0.0338. The maximum absolute atomic E-state index is 13.4. The topological polar surface area (TPSA) is 74.2 Å². The zero-order valence-electron chi connectivity index (χ0n) is 19.8. The summed E-state index contributed by atoms with van der Waals surface area (Å²) in [4.78, 5) is 38.0. The molecule has 0 spiro atoms. The van der Waals surface area contributed by atoms with Gasteiger partial charge in [0.15, 0.2) is 4.77 Å². The van der Waals surface area contributed by atoms with Gasteiger partial charge in [-0.3, -0.25) is 24.0 Å². The highest BCUT2D eigenvalue weighted by atomic mass is 32.1. The van der Waals surface area contributed by atoms with Gasteiger partial charge in [-0.15, -0.1) is 0 Å². The van der Waals surface area contributed by atoms with Crippen LogP contribution >= 0.6 is 12.2 Å². The predicted octanol–water partition coefficient (Wildman–Crippen LogP) is 4.02. The Balaban J connectivity index is 1.37. The van der Waals surface area contributed by atoms with E-state index >= 15 is 0 Å². The van der Waals surface area contributed by atoms with E-state index in [1.165, 1.54) is 10.1 Å². The SMILES string of the molecule is Cc1cccc(-n2c(=S)[nH]c3cc(C(=O)N4CCN(Cc5ccncc5)CC4)ccc3c2=O)c1C. The van der Waals surface area contributed by atoms with Gasteiger partial charge in [0.05, 0.1) is 16.6 Å². The van der Waals surface area contributed by atoms with E-state index in [0.717, 1.165) is 36.4 Å². The normalized spacial score (nSPS) is 14.4. The van der Waals surface area contributed by atoms with Crippen molar-refractivity contribution in [1.82, 2.24) is 24.3 Å². The number of nitrogens with zero attached hydrogens (tertiary/aromatic N) is 4. The van der Waals surface area contributed by atoms with Gasteiger partial charge in [-0.05, 0) is 79.2 Å². The third-order valence-corrected chi connectivity index (χ3v) is 7.06. The lowest BCUT2D eigenvalue weighted by Gasteiger charge is -2.34. The van der Waals surface area contributed by atoms with Crippen molar-refractivity contribution in [3.63, 3.8) is 0 Å². The van der Waals surface area contributed by atoms with E-state index in [1.807, 2.05) is 49.1 Å². The first-order chi connectivity index (χ1) is 16.9. The number of aromatic nitrogens is 3. The minimum absolute atomic E-state index is 0.0338. The standard InChI is InChI=1S/C27H27N5O2S/c1-18-4-3-5-24(19(18)2)32-26(34)22-7-6-21(16-23(22)29-27(32)35)25(33)31-14-12-30(13-15-31)17-20-8-10-28-11-9-20/h3-11,16H,12-15,17H2,1-2H3,(H,29,35). The van der Waals surface area contributed by atoms with Crippen molar-refractivity contribution in [2.75, 3.05) is 26.2 Å². The van der Waals surface area contributed by atoms with E-state index in [1.54, 1.807) is 30.6 Å². The van der Waals surface area contributed by atoms with Crippen LogP contribution in [0.1, 0.15) is 27.0 Å². The summed E-state index contributed by atoms with van der Waals surface area (Å²) in [5.41, 5.74) is 5.01. The molecule has 1 aliphatic rings. The van der Waals surface area contributed by atoms with Gasteiger partial charge in [-0.2, -0.15) is 0 Å². The summed E-state index contributed by atoms with van der Waals surface area (Å²) in [7, 11) is 0. The average Bonchev–Trinajstić information content (AvgIpc) is 2.87. The summed E-state index contributed by atoms with van der Waals surface area (Å²) < 4.78 is 1.84. The van der Waals surface area contributed by atoms with E-state index in [4.69, 9.17) is 12.2 Å². The molecule has 35 heavy (non-hydrogen) atoms. The Morgan fingerprint density at radius 1 is 1.03 bits per heavy atom. The monoisotopic (exact) mass is 485 g/mol. The van der Waals surface area contributed by atoms with Gasteiger partial charge in [0.2, 0.25) is 0 Å². The molecule has 0 unspecified atom stereocenters.